The SMILES string of the molecule is CN(C)CC(=O)N1CCC(NCc2ccc3c(c2)OCO3)CC1. The van der Waals surface area contributed by atoms with Crippen molar-refractivity contribution in [2.75, 3.05) is 40.5 Å². The Labute approximate surface area is 137 Å². The van der Waals surface area contributed by atoms with Gasteiger partial charge in [0, 0.05) is 25.7 Å². The molecule has 1 aromatic rings. The minimum atomic E-state index is 0.226. The number of nitrogens with one attached hydrogen (secondary N) is 1. The lowest BCUT2D eigenvalue weighted by atomic mass is 10.0. The number of hydrogen-bond donors (Lipinski definition) is 1. The van der Waals surface area contributed by atoms with Crippen LogP contribution in [0.1, 0.15) is 18.4 Å². The lowest BCUT2D eigenvalue weighted by Gasteiger charge is -2.33. The Balaban J connectivity index is 1.43. The Bertz CT molecular complexity index is 554. The molecule has 3 rings (SSSR count). The van der Waals surface area contributed by atoms with E-state index in [1.54, 1.807) is 0 Å². The van der Waals surface area contributed by atoms with Crippen molar-refractivity contribution in [1.82, 2.24) is 15.1 Å². The molecule has 6 nitrogen and oxygen atoms in total. The predicted molar refractivity (Wildman–Crippen MR) is 87.6 cm³/mol. The summed E-state index contributed by atoms with van der Waals surface area (Å²) in [4.78, 5) is 15.9. The van der Waals surface area contributed by atoms with Gasteiger partial charge < -0.3 is 24.6 Å². The van der Waals surface area contributed by atoms with E-state index >= 15 is 0 Å². The van der Waals surface area contributed by atoms with Crippen LogP contribution in [-0.4, -0.2) is 62.3 Å². The van der Waals surface area contributed by atoms with Crippen LogP contribution in [0.25, 0.3) is 0 Å². The van der Waals surface area contributed by atoms with Crippen molar-refractivity contribution in [3.05, 3.63) is 23.8 Å². The molecule has 0 spiro atoms. The smallest absolute Gasteiger partial charge is 0.236 e. The summed E-state index contributed by atoms with van der Waals surface area (Å²) in [6.45, 7) is 3.30. The van der Waals surface area contributed by atoms with Crippen LogP contribution in [0.4, 0.5) is 0 Å². The molecule has 1 amide bonds. The molecule has 126 valence electrons. The monoisotopic (exact) mass is 319 g/mol. The summed E-state index contributed by atoms with van der Waals surface area (Å²) < 4.78 is 10.7. The second-order valence-electron chi connectivity index (χ2n) is 6.46. The molecule has 2 heterocycles. The molecule has 2 aliphatic rings. The van der Waals surface area contributed by atoms with Gasteiger partial charge in [0.15, 0.2) is 11.5 Å². The quantitative estimate of drug-likeness (QED) is 0.879. The van der Waals surface area contributed by atoms with Gasteiger partial charge in [-0.05, 0) is 44.6 Å². The van der Waals surface area contributed by atoms with Crippen LogP contribution in [-0.2, 0) is 11.3 Å². The zero-order chi connectivity index (χ0) is 16.2. The first-order valence-corrected chi connectivity index (χ1v) is 8.16. The lowest BCUT2D eigenvalue weighted by molar-refractivity contribution is -0.132. The van der Waals surface area contributed by atoms with E-state index in [1.165, 1.54) is 5.56 Å². The summed E-state index contributed by atoms with van der Waals surface area (Å²) in [5.74, 6) is 1.87. The van der Waals surface area contributed by atoms with Crippen LogP contribution in [0, 0.1) is 0 Å². The van der Waals surface area contributed by atoms with E-state index < -0.39 is 0 Å². The number of carbonyl (C=O) groups is 1. The van der Waals surface area contributed by atoms with E-state index in [2.05, 4.69) is 11.4 Å². The fourth-order valence-electron chi connectivity index (χ4n) is 3.02. The van der Waals surface area contributed by atoms with Gasteiger partial charge in [-0.2, -0.15) is 0 Å². The number of hydrogen-bond acceptors (Lipinski definition) is 5. The highest BCUT2D eigenvalue weighted by Gasteiger charge is 2.22. The lowest BCUT2D eigenvalue weighted by Crippen LogP contribution is -2.47. The Hall–Kier alpha value is -1.79. The van der Waals surface area contributed by atoms with Crippen LogP contribution in [0.5, 0.6) is 11.5 Å². The maximum absolute atomic E-state index is 12.0. The van der Waals surface area contributed by atoms with Gasteiger partial charge >= 0.3 is 0 Å². The normalized spacial score (nSPS) is 17.8. The third kappa shape index (κ3) is 4.14. The minimum absolute atomic E-state index is 0.226. The molecule has 0 atom stereocenters. The van der Waals surface area contributed by atoms with Crippen molar-refractivity contribution >= 4 is 5.91 Å². The number of fused-ring (bicyclic) bond motifs is 1. The molecule has 0 saturated carbocycles. The molecular formula is C17H25N3O3. The number of benzene rings is 1. The predicted octanol–water partition coefficient (Wildman–Crippen LogP) is 1.06. The second kappa shape index (κ2) is 7.19. The Morgan fingerprint density at radius 1 is 1.26 bits per heavy atom. The zero-order valence-electron chi connectivity index (χ0n) is 13.9. The van der Waals surface area contributed by atoms with E-state index in [0.29, 0.717) is 19.4 Å². The van der Waals surface area contributed by atoms with Gasteiger partial charge in [-0.25, -0.2) is 0 Å². The van der Waals surface area contributed by atoms with Crippen molar-refractivity contribution in [2.45, 2.75) is 25.4 Å². The fourth-order valence-corrected chi connectivity index (χ4v) is 3.02. The first-order valence-electron chi connectivity index (χ1n) is 8.16. The highest BCUT2D eigenvalue weighted by atomic mass is 16.7. The number of ether oxygens (including phenoxy) is 2. The van der Waals surface area contributed by atoms with Crippen LogP contribution in [0.15, 0.2) is 18.2 Å². The largest absolute Gasteiger partial charge is 0.454 e. The average molecular weight is 319 g/mol. The van der Waals surface area contributed by atoms with Crippen molar-refractivity contribution in [3.63, 3.8) is 0 Å². The van der Waals surface area contributed by atoms with Crippen LogP contribution >= 0.6 is 0 Å². The van der Waals surface area contributed by atoms with Gasteiger partial charge in [-0.15, -0.1) is 0 Å². The third-order valence-corrected chi connectivity index (χ3v) is 4.33. The first kappa shape index (κ1) is 16.1. The van der Waals surface area contributed by atoms with Crippen molar-refractivity contribution in [3.8, 4) is 11.5 Å². The van der Waals surface area contributed by atoms with Crippen molar-refractivity contribution in [2.24, 2.45) is 0 Å². The molecule has 0 bridgehead atoms. The van der Waals surface area contributed by atoms with Crippen molar-refractivity contribution in [1.29, 1.82) is 0 Å². The molecule has 2 aliphatic heterocycles. The highest BCUT2D eigenvalue weighted by molar-refractivity contribution is 5.78. The molecule has 1 saturated heterocycles. The van der Waals surface area contributed by atoms with Gasteiger partial charge in [0.25, 0.3) is 0 Å². The number of nitrogens with zero attached hydrogens (tertiary/aromatic N) is 2. The number of amides is 1. The minimum Gasteiger partial charge on any atom is -0.454 e. The van der Waals surface area contributed by atoms with E-state index in [9.17, 15) is 4.79 Å². The molecule has 1 N–H and O–H groups in total. The summed E-state index contributed by atoms with van der Waals surface area (Å²) in [6, 6.07) is 6.52. The standard InChI is InChI=1S/C17H25N3O3/c1-19(2)11-17(21)20-7-5-14(6-8-20)18-10-13-3-4-15-16(9-13)23-12-22-15/h3-4,9,14,18H,5-8,10-12H2,1-2H3. The second-order valence-corrected chi connectivity index (χ2v) is 6.46. The molecule has 0 radical (unpaired) electrons. The Kier molecular flexibility index (Phi) is 5.03. The number of likely N-dealkylation sites (N-methyl/N-ethyl adjacent to an activating group) is 1. The summed E-state index contributed by atoms with van der Waals surface area (Å²) in [6.07, 6.45) is 2.01. The summed E-state index contributed by atoms with van der Waals surface area (Å²) in [7, 11) is 3.86. The number of carbonyl (C=O) groups excluding carboxylic acids is 1. The first-order chi connectivity index (χ1) is 11.1. The topological polar surface area (TPSA) is 54.0 Å². The number of rotatable bonds is 5. The Morgan fingerprint density at radius 3 is 2.74 bits per heavy atom. The van der Waals surface area contributed by atoms with E-state index in [4.69, 9.17) is 9.47 Å². The summed E-state index contributed by atoms with van der Waals surface area (Å²) >= 11 is 0. The molecule has 0 unspecified atom stereocenters. The molecule has 1 fully saturated rings. The van der Waals surface area contributed by atoms with Gasteiger partial charge in [0.05, 0.1) is 6.54 Å². The van der Waals surface area contributed by atoms with E-state index in [0.717, 1.165) is 44.0 Å². The fraction of sp³-hybridized carbons (Fsp3) is 0.588. The van der Waals surface area contributed by atoms with E-state index in [-0.39, 0.29) is 5.91 Å². The molecular weight excluding hydrogens is 294 g/mol. The van der Waals surface area contributed by atoms with Crippen molar-refractivity contribution < 1.29 is 14.3 Å². The highest BCUT2D eigenvalue weighted by Crippen LogP contribution is 2.32. The molecule has 0 aromatic heterocycles. The van der Waals surface area contributed by atoms with Gasteiger partial charge in [0.1, 0.15) is 0 Å². The molecule has 23 heavy (non-hydrogen) atoms. The molecule has 0 aliphatic carbocycles. The van der Waals surface area contributed by atoms with E-state index in [1.807, 2.05) is 36.0 Å². The number of likely N-dealkylation sites (tertiary alicyclic amines) is 1. The van der Waals surface area contributed by atoms with Gasteiger partial charge in [-0.1, -0.05) is 6.07 Å². The number of piperidine rings is 1. The average Bonchev–Trinajstić information content (AvgIpc) is 3.00. The summed E-state index contributed by atoms with van der Waals surface area (Å²) in [5, 5.41) is 3.58. The Morgan fingerprint density at radius 2 is 2.00 bits per heavy atom. The van der Waals surface area contributed by atoms with Gasteiger partial charge in [0.2, 0.25) is 12.7 Å². The summed E-state index contributed by atoms with van der Waals surface area (Å²) in [5.41, 5.74) is 1.19. The van der Waals surface area contributed by atoms with Crippen LogP contribution in [0.2, 0.25) is 0 Å². The molecule has 6 heteroatoms. The zero-order valence-corrected chi connectivity index (χ0v) is 13.9. The maximum atomic E-state index is 12.0. The third-order valence-electron chi connectivity index (χ3n) is 4.33. The van der Waals surface area contributed by atoms with Crippen LogP contribution in [0.3, 0.4) is 0 Å². The molecule has 1 aromatic carbocycles. The van der Waals surface area contributed by atoms with Crippen LogP contribution < -0.4 is 14.8 Å². The van der Waals surface area contributed by atoms with Gasteiger partial charge in [-0.3, -0.25) is 4.79 Å². The maximum Gasteiger partial charge on any atom is 0.236 e.